The number of hydrogen-bond acceptors (Lipinski definition) is 4. The minimum Gasteiger partial charge on any atom is -0.508 e. The first-order valence-corrected chi connectivity index (χ1v) is 12.7. The molecule has 4 aromatic carbocycles. The number of benzene rings is 4. The molecule has 0 bridgehead atoms. The highest BCUT2D eigenvalue weighted by Gasteiger charge is 2.40. The summed E-state index contributed by atoms with van der Waals surface area (Å²) in [5, 5.41) is 31.9. The van der Waals surface area contributed by atoms with Crippen molar-refractivity contribution in [1.82, 2.24) is 0 Å². The Morgan fingerprint density at radius 2 is 1.59 bits per heavy atom. The summed E-state index contributed by atoms with van der Waals surface area (Å²) in [6.07, 6.45) is 1.08. The molecule has 0 spiro atoms. The zero-order valence-corrected chi connectivity index (χ0v) is 21.0. The van der Waals surface area contributed by atoms with E-state index in [9.17, 15) is 19.7 Å². The normalized spacial score (nSPS) is 18.2. The van der Waals surface area contributed by atoms with E-state index < -0.39 is 6.10 Å². The molecule has 3 atom stereocenters. The summed E-state index contributed by atoms with van der Waals surface area (Å²) in [6, 6.07) is 28.1. The van der Waals surface area contributed by atoms with Crippen molar-refractivity contribution < 1.29 is 19.7 Å². The van der Waals surface area contributed by atoms with E-state index in [2.05, 4.69) is 4.90 Å². The lowest BCUT2D eigenvalue weighted by molar-refractivity contribution is 0.155. The molecule has 1 fully saturated rings. The predicted octanol–water partition coefficient (Wildman–Crippen LogP) is 7.31. The van der Waals surface area contributed by atoms with Crippen LogP contribution in [0.25, 0.3) is 11.1 Å². The van der Waals surface area contributed by atoms with E-state index >= 15 is 0 Å². The number of nitrogens with zero attached hydrogens (tertiary/aromatic N) is 1. The summed E-state index contributed by atoms with van der Waals surface area (Å²) < 4.78 is 13.3. The number of rotatable bonds is 7. The van der Waals surface area contributed by atoms with Crippen molar-refractivity contribution in [1.29, 1.82) is 0 Å². The molecule has 4 aromatic rings. The number of para-hydroxylation sites is 1. The molecule has 0 radical (unpaired) electrons. The van der Waals surface area contributed by atoms with Gasteiger partial charge >= 0.3 is 0 Å². The van der Waals surface area contributed by atoms with Gasteiger partial charge in [-0.25, -0.2) is 4.39 Å². The topological polar surface area (TPSA) is 63.9 Å². The number of aliphatic hydroxyl groups excluding tert-OH is 1. The van der Waals surface area contributed by atoms with Gasteiger partial charge in [-0.05, 0) is 77.9 Å². The molecule has 1 unspecified atom stereocenters. The largest absolute Gasteiger partial charge is 0.508 e. The highest BCUT2D eigenvalue weighted by Crippen LogP contribution is 2.47. The minimum atomic E-state index is -0.720. The van der Waals surface area contributed by atoms with Gasteiger partial charge in [-0.2, -0.15) is 0 Å². The number of aliphatic hydroxyl groups is 1. The Bertz CT molecular complexity index is 1390. The molecule has 0 saturated carbocycles. The summed E-state index contributed by atoms with van der Waals surface area (Å²) in [4.78, 5) is 2.89. The van der Waals surface area contributed by atoms with Crippen LogP contribution in [0.4, 0.5) is 10.1 Å². The molecule has 4 nitrogen and oxygen atoms in total. The minimum absolute atomic E-state index is 0.0559. The van der Waals surface area contributed by atoms with Gasteiger partial charge in [0.05, 0.1) is 17.1 Å². The van der Waals surface area contributed by atoms with Gasteiger partial charge in [0.15, 0.2) is 0 Å². The number of phenolic OH excluding ortho intramolecular Hbond substituents is 2. The van der Waals surface area contributed by atoms with Gasteiger partial charge in [-0.1, -0.05) is 66.8 Å². The van der Waals surface area contributed by atoms with E-state index in [0.717, 1.165) is 27.4 Å². The summed E-state index contributed by atoms with van der Waals surface area (Å²) in [7, 11) is 0. The van der Waals surface area contributed by atoms with Crippen molar-refractivity contribution in [2.24, 2.45) is 5.92 Å². The highest BCUT2D eigenvalue weighted by atomic mass is 32.1. The average molecular weight is 514 g/mol. The maximum absolute atomic E-state index is 13.3. The second-order valence-electron chi connectivity index (χ2n) is 9.48. The van der Waals surface area contributed by atoms with E-state index in [4.69, 9.17) is 12.2 Å². The van der Waals surface area contributed by atoms with E-state index in [1.54, 1.807) is 36.4 Å². The van der Waals surface area contributed by atoms with Crippen LogP contribution in [-0.2, 0) is 0 Å². The molecular formula is C31H28FNO3S. The third-order valence-electron chi connectivity index (χ3n) is 7.06. The molecule has 1 aliphatic heterocycles. The Kier molecular flexibility index (Phi) is 7.22. The standard InChI is InChI=1S/C31H28FNO3S/c32-24-13-9-20(10-14-24)28(35)16-12-23-19-30(37)33(25-6-2-1-3-7-25)31(23)27-15-11-22(18-29(27)36)21-5-4-8-26(34)17-21/h1-11,13-15,17-18,23,28,31,34-36H,12,16,19H2/t23-,28?,31+/m1/s1. The van der Waals surface area contributed by atoms with Gasteiger partial charge < -0.3 is 20.2 Å². The Balaban J connectivity index is 1.46. The Hall–Kier alpha value is -3.74. The van der Waals surface area contributed by atoms with Crippen LogP contribution in [0.1, 0.15) is 42.5 Å². The first-order chi connectivity index (χ1) is 17.9. The van der Waals surface area contributed by atoms with E-state index in [0.29, 0.717) is 24.8 Å². The SMILES string of the molecule is Oc1cccc(-c2ccc([C@@H]3[C@H](CCC(O)c4ccc(F)cc4)CC(=S)N3c3ccccc3)c(O)c2)c1. The van der Waals surface area contributed by atoms with Gasteiger partial charge in [-0.15, -0.1) is 0 Å². The number of anilines is 1. The van der Waals surface area contributed by atoms with Crippen LogP contribution in [0.2, 0.25) is 0 Å². The maximum Gasteiger partial charge on any atom is 0.123 e. The fourth-order valence-corrected chi connectivity index (χ4v) is 5.66. The molecule has 0 aliphatic carbocycles. The molecule has 0 aromatic heterocycles. The van der Waals surface area contributed by atoms with Gasteiger partial charge in [0.25, 0.3) is 0 Å². The smallest absolute Gasteiger partial charge is 0.123 e. The highest BCUT2D eigenvalue weighted by molar-refractivity contribution is 7.80. The monoisotopic (exact) mass is 513 g/mol. The van der Waals surface area contributed by atoms with Crippen LogP contribution in [0.5, 0.6) is 11.5 Å². The van der Waals surface area contributed by atoms with Gasteiger partial charge in [-0.3, -0.25) is 0 Å². The fraction of sp³-hybridized carbons (Fsp3) is 0.194. The molecule has 37 heavy (non-hydrogen) atoms. The zero-order chi connectivity index (χ0) is 25.9. The summed E-state index contributed by atoms with van der Waals surface area (Å²) in [6.45, 7) is 0. The summed E-state index contributed by atoms with van der Waals surface area (Å²) in [5.74, 6) is 0.0402. The van der Waals surface area contributed by atoms with Crippen LogP contribution in [0, 0.1) is 11.7 Å². The van der Waals surface area contributed by atoms with E-state index in [1.807, 2.05) is 48.5 Å². The number of phenols is 2. The van der Waals surface area contributed by atoms with Crippen molar-refractivity contribution in [3.63, 3.8) is 0 Å². The lowest BCUT2D eigenvalue weighted by Crippen LogP contribution is -2.28. The van der Waals surface area contributed by atoms with Crippen molar-refractivity contribution in [3.8, 4) is 22.6 Å². The summed E-state index contributed by atoms with van der Waals surface area (Å²) in [5.41, 5.74) is 4.00. The van der Waals surface area contributed by atoms with Crippen LogP contribution in [0.3, 0.4) is 0 Å². The number of hydrogen-bond donors (Lipinski definition) is 3. The lowest BCUT2D eigenvalue weighted by atomic mass is 9.87. The molecule has 188 valence electrons. The zero-order valence-electron chi connectivity index (χ0n) is 20.2. The number of halogens is 1. The maximum atomic E-state index is 13.3. The Labute approximate surface area is 221 Å². The molecule has 1 aliphatic rings. The van der Waals surface area contributed by atoms with Crippen molar-refractivity contribution in [3.05, 3.63) is 114 Å². The Morgan fingerprint density at radius 1 is 0.865 bits per heavy atom. The summed E-state index contributed by atoms with van der Waals surface area (Å²) >= 11 is 5.84. The first-order valence-electron chi connectivity index (χ1n) is 12.3. The molecule has 6 heteroatoms. The van der Waals surface area contributed by atoms with Crippen molar-refractivity contribution >= 4 is 22.9 Å². The third-order valence-corrected chi connectivity index (χ3v) is 7.42. The van der Waals surface area contributed by atoms with Crippen molar-refractivity contribution in [2.75, 3.05) is 4.90 Å². The Morgan fingerprint density at radius 3 is 2.30 bits per heavy atom. The van der Waals surface area contributed by atoms with Crippen LogP contribution < -0.4 is 4.90 Å². The fourth-order valence-electron chi connectivity index (χ4n) is 5.23. The molecule has 1 heterocycles. The average Bonchev–Trinajstić information content (AvgIpc) is 3.23. The van der Waals surface area contributed by atoms with Gasteiger partial charge in [0, 0.05) is 17.7 Å². The van der Waals surface area contributed by atoms with Gasteiger partial charge in [0.2, 0.25) is 0 Å². The molecule has 1 saturated heterocycles. The second kappa shape index (κ2) is 10.7. The lowest BCUT2D eigenvalue weighted by Gasteiger charge is -2.31. The molecule has 3 N–H and O–H groups in total. The number of thiocarbonyl (C=S) groups is 1. The second-order valence-corrected chi connectivity index (χ2v) is 9.95. The quantitative estimate of drug-likeness (QED) is 0.226. The van der Waals surface area contributed by atoms with Crippen LogP contribution >= 0.6 is 12.2 Å². The van der Waals surface area contributed by atoms with Gasteiger partial charge in [0.1, 0.15) is 17.3 Å². The molecular weight excluding hydrogens is 485 g/mol. The molecule has 0 amide bonds. The first kappa shape index (κ1) is 24.9. The van der Waals surface area contributed by atoms with Crippen LogP contribution in [0.15, 0.2) is 97.1 Å². The van der Waals surface area contributed by atoms with E-state index in [-0.39, 0.29) is 29.3 Å². The van der Waals surface area contributed by atoms with Crippen molar-refractivity contribution in [2.45, 2.75) is 31.4 Å². The number of aromatic hydroxyl groups is 2. The predicted molar refractivity (Wildman–Crippen MR) is 148 cm³/mol. The molecule has 5 rings (SSSR count). The van der Waals surface area contributed by atoms with Crippen LogP contribution in [-0.4, -0.2) is 20.3 Å². The third kappa shape index (κ3) is 5.36. The van der Waals surface area contributed by atoms with E-state index in [1.165, 1.54) is 12.1 Å².